The lowest BCUT2D eigenvalue weighted by Gasteiger charge is -2.01. The predicted molar refractivity (Wildman–Crippen MR) is 47.6 cm³/mol. The van der Waals surface area contributed by atoms with Crippen LogP contribution in [0.1, 0.15) is 16.1 Å². The van der Waals surface area contributed by atoms with Crippen LogP contribution in [0.15, 0.2) is 17.2 Å². The molecule has 0 aliphatic rings. The van der Waals surface area contributed by atoms with Gasteiger partial charge in [-0.15, -0.1) is 12.6 Å². The number of aryl methyl sites for hydroxylation is 1. The van der Waals surface area contributed by atoms with Crippen LogP contribution in [0.5, 0.6) is 0 Å². The first-order valence-corrected chi connectivity index (χ1v) is 3.84. The van der Waals surface area contributed by atoms with Gasteiger partial charge in [-0.1, -0.05) is 0 Å². The van der Waals surface area contributed by atoms with Crippen molar-refractivity contribution in [2.24, 2.45) is 0 Å². The first kappa shape index (κ1) is 9.06. The largest absolute Gasteiger partial charge is 0.464 e. The van der Waals surface area contributed by atoms with Crippen LogP contribution in [0.25, 0.3) is 0 Å². The van der Waals surface area contributed by atoms with Gasteiger partial charge in [-0.3, -0.25) is 0 Å². The molecule has 0 amide bonds. The first-order chi connectivity index (χ1) is 5.65. The third kappa shape index (κ3) is 1.76. The van der Waals surface area contributed by atoms with Crippen molar-refractivity contribution in [2.45, 2.75) is 11.8 Å². The highest BCUT2D eigenvalue weighted by atomic mass is 32.1. The predicted octanol–water partition coefficient (Wildman–Crippen LogP) is 1.47. The first-order valence-electron chi connectivity index (χ1n) is 3.39. The van der Waals surface area contributed by atoms with E-state index in [1.807, 2.05) is 0 Å². The summed E-state index contributed by atoms with van der Waals surface area (Å²) in [6.45, 7) is 1.79. The average molecular weight is 183 g/mol. The van der Waals surface area contributed by atoms with E-state index in [0.29, 0.717) is 5.69 Å². The topological polar surface area (TPSA) is 39.2 Å². The van der Waals surface area contributed by atoms with Crippen molar-refractivity contribution >= 4 is 18.6 Å². The molecule has 1 heterocycles. The Balaban J connectivity index is 3.09. The molecular formula is C8H9NO2S. The number of ether oxygens (including phenoxy) is 1. The number of thiol groups is 1. The van der Waals surface area contributed by atoms with E-state index in [-0.39, 0.29) is 0 Å². The Morgan fingerprint density at radius 2 is 2.33 bits per heavy atom. The molecule has 0 N–H and O–H groups in total. The maximum atomic E-state index is 11.0. The molecule has 3 nitrogen and oxygen atoms in total. The van der Waals surface area contributed by atoms with Crippen LogP contribution >= 0.6 is 12.6 Å². The quantitative estimate of drug-likeness (QED) is 0.529. The second-order valence-electron chi connectivity index (χ2n) is 2.35. The van der Waals surface area contributed by atoms with E-state index < -0.39 is 5.97 Å². The molecule has 0 saturated heterocycles. The zero-order valence-electron chi connectivity index (χ0n) is 6.87. The number of pyridine rings is 1. The van der Waals surface area contributed by atoms with Crippen molar-refractivity contribution in [3.05, 3.63) is 23.5 Å². The summed E-state index contributed by atoms with van der Waals surface area (Å²) in [5, 5.41) is 0. The summed E-state index contributed by atoms with van der Waals surface area (Å²) < 4.78 is 4.53. The van der Waals surface area contributed by atoms with Gasteiger partial charge in [0.15, 0.2) is 5.69 Å². The number of aromatic nitrogens is 1. The molecule has 0 atom stereocenters. The van der Waals surface area contributed by atoms with Gasteiger partial charge in [-0.05, 0) is 18.6 Å². The van der Waals surface area contributed by atoms with Gasteiger partial charge in [0.25, 0.3) is 0 Å². The van der Waals surface area contributed by atoms with Crippen LogP contribution < -0.4 is 0 Å². The maximum absolute atomic E-state index is 11.0. The highest BCUT2D eigenvalue weighted by molar-refractivity contribution is 7.80. The molecule has 0 aliphatic heterocycles. The van der Waals surface area contributed by atoms with Crippen LogP contribution in [0.4, 0.5) is 0 Å². The van der Waals surface area contributed by atoms with Crippen LogP contribution in [0.3, 0.4) is 0 Å². The molecule has 64 valence electrons. The molecule has 1 rings (SSSR count). The number of hydrogen-bond acceptors (Lipinski definition) is 4. The Hall–Kier alpha value is -1.03. The van der Waals surface area contributed by atoms with Gasteiger partial charge in [0, 0.05) is 11.1 Å². The highest BCUT2D eigenvalue weighted by Gasteiger charge is 2.09. The van der Waals surface area contributed by atoms with E-state index in [2.05, 4.69) is 22.3 Å². The van der Waals surface area contributed by atoms with Gasteiger partial charge < -0.3 is 4.74 Å². The minimum absolute atomic E-state index is 0.343. The summed E-state index contributed by atoms with van der Waals surface area (Å²) in [4.78, 5) is 15.7. The molecular weight excluding hydrogens is 174 g/mol. The Labute approximate surface area is 76.2 Å². The number of nitrogens with zero attached hydrogens (tertiary/aromatic N) is 1. The maximum Gasteiger partial charge on any atom is 0.356 e. The Bertz CT molecular complexity index is 312. The molecule has 0 unspecified atom stereocenters. The molecule has 0 radical (unpaired) electrons. The lowest BCUT2D eigenvalue weighted by molar-refractivity contribution is 0.0593. The Morgan fingerprint density at radius 1 is 1.67 bits per heavy atom. The molecule has 0 saturated carbocycles. The molecule has 0 fully saturated rings. The lowest BCUT2D eigenvalue weighted by Crippen LogP contribution is -2.06. The standard InChI is InChI=1S/C8H9NO2S/c1-5-3-6(12)4-9-7(5)8(10)11-2/h3-4,12H,1-2H3. The zero-order valence-corrected chi connectivity index (χ0v) is 7.76. The van der Waals surface area contributed by atoms with Gasteiger partial charge in [-0.2, -0.15) is 0 Å². The van der Waals surface area contributed by atoms with Crippen molar-refractivity contribution in [3.8, 4) is 0 Å². The zero-order chi connectivity index (χ0) is 9.14. The van der Waals surface area contributed by atoms with E-state index in [4.69, 9.17) is 0 Å². The van der Waals surface area contributed by atoms with E-state index in [1.165, 1.54) is 13.3 Å². The minimum Gasteiger partial charge on any atom is -0.464 e. The molecule has 1 aromatic rings. The third-order valence-electron chi connectivity index (χ3n) is 1.44. The summed E-state index contributed by atoms with van der Waals surface area (Å²) in [6, 6.07) is 1.77. The van der Waals surface area contributed by atoms with E-state index in [0.717, 1.165) is 10.5 Å². The summed E-state index contributed by atoms with van der Waals surface area (Å²) in [7, 11) is 1.33. The highest BCUT2D eigenvalue weighted by Crippen LogP contribution is 2.10. The molecule has 1 aromatic heterocycles. The number of carbonyl (C=O) groups is 1. The molecule has 12 heavy (non-hydrogen) atoms. The van der Waals surface area contributed by atoms with Crippen LogP contribution in [-0.4, -0.2) is 18.1 Å². The minimum atomic E-state index is -0.416. The summed E-state index contributed by atoms with van der Waals surface area (Å²) in [5.41, 5.74) is 1.12. The van der Waals surface area contributed by atoms with Crippen molar-refractivity contribution in [1.29, 1.82) is 0 Å². The van der Waals surface area contributed by atoms with Crippen LogP contribution in [0.2, 0.25) is 0 Å². The van der Waals surface area contributed by atoms with Gasteiger partial charge in [0.2, 0.25) is 0 Å². The molecule has 4 heteroatoms. The van der Waals surface area contributed by atoms with Crippen molar-refractivity contribution in [1.82, 2.24) is 4.98 Å². The summed E-state index contributed by atoms with van der Waals surface area (Å²) in [6.07, 6.45) is 1.52. The van der Waals surface area contributed by atoms with Crippen molar-refractivity contribution in [3.63, 3.8) is 0 Å². The summed E-state index contributed by atoms with van der Waals surface area (Å²) in [5.74, 6) is -0.416. The van der Waals surface area contributed by atoms with Crippen molar-refractivity contribution < 1.29 is 9.53 Å². The molecule has 0 bridgehead atoms. The SMILES string of the molecule is COC(=O)c1ncc(S)cc1C. The van der Waals surface area contributed by atoms with Gasteiger partial charge in [0.05, 0.1) is 7.11 Å². The number of hydrogen-bond donors (Lipinski definition) is 1. The Morgan fingerprint density at radius 3 is 2.83 bits per heavy atom. The second-order valence-corrected chi connectivity index (χ2v) is 2.87. The van der Waals surface area contributed by atoms with E-state index in [9.17, 15) is 4.79 Å². The van der Waals surface area contributed by atoms with Crippen LogP contribution in [-0.2, 0) is 4.74 Å². The third-order valence-corrected chi connectivity index (χ3v) is 1.69. The fraction of sp³-hybridized carbons (Fsp3) is 0.250. The Kier molecular flexibility index (Phi) is 2.70. The fourth-order valence-electron chi connectivity index (χ4n) is 0.870. The fourth-order valence-corrected chi connectivity index (χ4v) is 1.12. The van der Waals surface area contributed by atoms with E-state index >= 15 is 0 Å². The van der Waals surface area contributed by atoms with Crippen LogP contribution in [0, 0.1) is 6.92 Å². The molecule has 0 aliphatic carbocycles. The van der Waals surface area contributed by atoms with Gasteiger partial charge in [0.1, 0.15) is 0 Å². The number of esters is 1. The monoisotopic (exact) mass is 183 g/mol. The smallest absolute Gasteiger partial charge is 0.356 e. The lowest BCUT2D eigenvalue weighted by atomic mass is 10.2. The van der Waals surface area contributed by atoms with E-state index in [1.54, 1.807) is 13.0 Å². The van der Waals surface area contributed by atoms with Gasteiger partial charge in [-0.25, -0.2) is 9.78 Å². The molecule has 0 aromatic carbocycles. The number of rotatable bonds is 1. The summed E-state index contributed by atoms with van der Waals surface area (Å²) >= 11 is 4.08. The number of methoxy groups -OCH3 is 1. The second kappa shape index (κ2) is 3.58. The molecule has 0 spiro atoms. The average Bonchev–Trinajstić information content (AvgIpc) is 2.03. The van der Waals surface area contributed by atoms with Crippen molar-refractivity contribution in [2.75, 3.05) is 7.11 Å². The van der Waals surface area contributed by atoms with Gasteiger partial charge >= 0.3 is 5.97 Å². The number of carbonyl (C=O) groups excluding carboxylic acids is 1. The normalized spacial score (nSPS) is 9.58.